The van der Waals surface area contributed by atoms with Gasteiger partial charge in [-0.3, -0.25) is 0 Å². The van der Waals surface area contributed by atoms with E-state index in [0.29, 0.717) is 5.82 Å². The van der Waals surface area contributed by atoms with Gasteiger partial charge < -0.3 is 16.0 Å². The van der Waals surface area contributed by atoms with E-state index >= 15 is 0 Å². The minimum atomic E-state index is 0.582. The number of piperazine rings is 1. The molecule has 0 bridgehead atoms. The lowest BCUT2D eigenvalue weighted by molar-refractivity contribution is 0.589. The summed E-state index contributed by atoms with van der Waals surface area (Å²) in [6, 6.07) is 3.87. The Morgan fingerprint density at radius 3 is 2.69 bits per heavy atom. The van der Waals surface area contributed by atoms with Crippen LogP contribution in [0.25, 0.3) is 0 Å². The quantitative estimate of drug-likeness (QED) is 0.639. The normalized spacial score (nSPS) is 17.4. The summed E-state index contributed by atoms with van der Waals surface area (Å²) in [6.07, 6.45) is 1.83. The largest absolute Gasteiger partial charge is 0.384 e. The first kappa shape index (κ1) is 8.31. The average Bonchev–Trinajstić information content (AvgIpc) is 2.20. The molecule has 0 unspecified atom stereocenters. The molecule has 1 aromatic rings. The maximum Gasteiger partial charge on any atom is 0.123 e. The lowest BCUT2D eigenvalue weighted by Gasteiger charge is -2.29. The topological polar surface area (TPSA) is 54.2 Å². The van der Waals surface area contributed by atoms with E-state index in [9.17, 15) is 0 Å². The van der Waals surface area contributed by atoms with Crippen molar-refractivity contribution in [3.8, 4) is 0 Å². The summed E-state index contributed by atoms with van der Waals surface area (Å²) in [4.78, 5) is 6.38. The highest BCUT2D eigenvalue weighted by molar-refractivity contribution is 5.48. The molecule has 2 rings (SSSR count). The van der Waals surface area contributed by atoms with Crippen molar-refractivity contribution in [1.82, 2.24) is 10.3 Å². The van der Waals surface area contributed by atoms with Crippen LogP contribution in [0.5, 0.6) is 0 Å². The molecule has 4 heteroatoms. The SMILES string of the molecule is Nc1ccc(N2CCNCC2)cn1. The van der Waals surface area contributed by atoms with Crippen LogP contribution in [0, 0.1) is 0 Å². The lowest BCUT2D eigenvalue weighted by Crippen LogP contribution is -2.43. The zero-order valence-corrected chi connectivity index (χ0v) is 7.53. The van der Waals surface area contributed by atoms with Crippen molar-refractivity contribution in [2.75, 3.05) is 36.8 Å². The van der Waals surface area contributed by atoms with E-state index in [4.69, 9.17) is 5.73 Å². The molecular weight excluding hydrogens is 164 g/mol. The van der Waals surface area contributed by atoms with E-state index in [1.165, 1.54) is 0 Å². The number of anilines is 2. The second kappa shape index (κ2) is 3.62. The van der Waals surface area contributed by atoms with Crippen LogP contribution in [-0.4, -0.2) is 31.2 Å². The maximum absolute atomic E-state index is 5.51. The Bertz CT molecular complexity index is 263. The van der Waals surface area contributed by atoms with Crippen molar-refractivity contribution in [3.63, 3.8) is 0 Å². The number of hydrogen-bond acceptors (Lipinski definition) is 4. The van der Waals surface area contributed by atoms with Gasteiger partial charge in [0.1, 0.15) is 5.82 Å². The number of aromatic nitrogens is 1. The highest BCUT2D eigenvalue weighted by Crippen LogP contribution is 2.13. The predicted octanol–water partition coefficient (Wildman–Crippen LogP) is 0.0734. The molecule has 0 spiro atoms. The summed E-state index contributed by atoms with van der Waals surface area (Å²) in [5, 5.41) is 3.31. The zero-order valence-electron chi connectivity index (χ0n) is 7.53. The maximum atomic E-state index is 5.51. The fraction of sp³-hybridized carbons (Fsp3) is 0.444. The van der Waals surface area contributed by atoms with Gasteiger partial charge in [0, 0.05) is 26.2 Å². The average molecular weight is 178 g/mol. The van der Waals surface area contributed by atoms with Crippen LogP contribution in [0.15, 0.2) is 18.3 Å². The Morgan fingerprint density at radius 2 is 2.08 bits per heavy atom. The van der Waals surface area contributed by atoms with Gasteiger partial charge in [0.05, 0.1) is 11.9 Å². The van der Waals surface area contributed by atoms with Gasteiger partial charge >= 0.3 is 0 Å². The Kier molecular flexibility index (Phi) is 2.31. The third-order valence-electron chi connectivity index (χ3n) is 2.25. The molecule has 1 aliphatic rings. The van der Waals surface area contributed by atoms with Gasteiger partial charge in [0.25, 0.3) is 0 Å². The molecule has 3 N–H and O–H groups in total. The van der Waals surface area contributed by atoms with E-state index in [2.05, 4.69) is 15.2 Å². The molecule has 0 aliphatic carbocycles. The molecule has 1 aromatic heterocycles. The first-order chi connectivity index (χ1) is 6.36. The molecule has 1 fully saturated rings. The summed E-state index contributed by atoms with van der Waals surface area (Å²) >= 11 is 0. The predicted molar refractivity (Wildman–Crippen MR) is 53.7 cm³/mol. The van der Waals surface area contributed by atoms with E-state index in [-0.39, 0.29) is 0 Å². The van der Waals surface area contributed by atoms with Gasteiger partial charge in [-0.05, 0) is 12.1 Å². The molecule has 0 radical (unpaired) electrons. The number of nitrogens with two attached hydrogens (primary N) is 1. The monoisotopic (exact) mass is 178 g/mol. The first-order valence-corrected chi connectivity index (χ1v) is 4.53. The summed E-state index contributed by atoms with van der Waals surface area (Å²) in [7, 11) is 0. The van der Waals surface area contributed by atoms with Gasteiger partial charge in [-0.25, -0.2) is 4.98 Å². The molecule has 2 heterocycles. The molecule has 13 heavy (non-hydrogen) atoms. The number of hydrogen-bond donors (Lipinski definition) is 2. The van der Waals surface area contributed by atoms with Crippen LogP contribution in [0.4, 0.5) is 11.5 Å². The van der Waals surface area contributed by atoms with Crippen molar-refractivity contribution < 1.29 is 0 Å². The number of nitrogens with zero attached hydrogens (tertiary/aromatic N) is 2. The minimum Gasteiger partial charge on any atom is -0.384 e. The van der Waals surface area contributed by atoms with E-state index in [1.54, 1.807) is 0 Å². The summed E-state index contributed by atoms with van der Waals surface area (Å²) in [6.45, 7) is 4.19. The van der Waals surface area contributed by atoms with Gasteiger partial charge in [-0.15, -0.1) is 0 Å². The minimum absolute atomic E-state index is 0.582. The highest BCUT2D eigenvalue weighted by atomic mass is 15.2. The number of nitrogens with one attached hydrogen (secondary N) is 1. The molecule has 1 aliphatic heterocycles. The Balaban J connectivity index is 2.10. The Labute approximate surface area is 77.8 Å². The standard InChI is InChI=1S/C9H14N4/c10-9-2-1-8(7-12-9)13-5-3-11-4-6-13/h1-2,7,11H,3-6H2,(H2,10,12). The molecule has 1 saturated heterocycles. The second-order valence-corrected chi connectivity index (χ2v) is 3.18. The second-order valence-electron chi connectivity index (χ2n) is 3.18. The van der Waals surface area contributed by atoms with Crippen LogP contribution in [0.1, 0.15) is 0 Å². The molecule has 4 nitrogen and oxygen atoms in total. The number of nitrogen functional groups attached to an aromatic ring is 1. The van der Waals surface area contributed by atoms with Crippen molar-refractivity contribution in [2.45, 2.75) is 0 Å². The van der Waals surface area contributed by atoms with Crippen LogP contribution in [0.2, 0.25) is 0 Å². The smallest absolute Gasteiger partial charge is 0.123 e. The fourth-order valence-electron chi connectivity index (χ4n) is 1.51. The van der Waals surface area contributed by atoms with Gasteiger partial charge in [-0.2, -0.15) is 0 Å². The van der Waals surface area contributed by atoms with Crippen LogP contribution >= 0.6 is 0 Å². The Hall–Kier alpha value is -1.29. The van der Waals surface area contributed by atoms with E-state index in [0.717, 1.165) is 31.9 Å². The molecular formula is C9H14N4. The van der Waals surface area contributed by atoms with Crippen molar-refractivity contribution in [2.24, 2.45) is 0 Å². The number of pyridine rings is 1. The van der Waals surface area contributed by atoms with Gasteiger partial charge in [0.2, 0.25) is 0 Å². The van der Waals surface area contributed by atoms with E-state index in [1.807, 2.05) is 18.3 Å². The zero-order chi connectivity index (χ0) is 9.10. The molecule has 0 atom stereocenters. The third-order valence-corrected chi connectivity index (χ3v) is 2.25. The summed E-state index contributed by atoms with van der Waals surface area (Å²) in [5.41, 5.74) is 6.68. The first-order valence-electron chi connectivity index (χ1n) is 4.53. The summed E-state index contributed by atoms with van der Waals surface area (Å²) < 4.78 is 0. The summed E-state index contributed by atoms with van der Waals surface area (Å²) in [5.74, 6) is 0.582. The lowest BCUT2D eigenvalue weighted by atomic mass is 10.3. The van der Waals surface area contributed by atoms with Gasteiger partial charge in [-0.1, -0.05) is 0 Å². The van der Waals surface area contributed by atoms with Gasteiger partial charge in [0.15, 0.2) is 0 Å². The van der Waals surface area contributed by atoms with Crippen LogP contribution < -0.4 is 16.0 Å². The van der Waals surface area contributed by atoms with Crippen molar-refractivity contribution >= 4 is 11.5 Å². The van der Waals surface area contributed by atoms with Crippen LogP contribution in [-0.2, 0) is 0 Å². The van der Waals surface area contributed by atoms with Crippen molar-refractivity contribution in [1.29, 1.82) is 0 Å². The molecule has 0 saturated carbocycles. The van der Waals surface area contributed by atoms with Crippen LogP contribution in [0.3, 0.4) is 0 Å². The molecule has 70 valence electrons. The fourth-order valence-corrected chi connectivity index (χ4v) is 1.51. The third kappa shape index (κ3) is 1.89. The highest BCUT2D eigenvalue weighted by Gasteiger charge is 2.09. The molecule has 0 amide bonds. The Morgan fingerprint density at radius 1 is 1.31 bits per heavy atom. The van der Waals surface area contributed by atoms with Crippen molar-refractivity contribution in [3.05, 3.63) is 18.3 Å². The molecule has 0 aromatic carbocycles. The van der Waals surface area contributed by atoms with E-state index < -0.39 is 0 Å². The number of rotatable bonds is 1.